The lowest BCUT2D eigenvalue weighted by Gasteiger charge is -2.24. The van der Waals surface area contributed by atoms with Crippen molar-refractivity contribution in [2.24, 2.45) is 0 Å². The van der Waals surface area contributed by atoms with Crippen molar-refractivity contribution in [2.45, 2.75) is 37.8 Å². The van der Waals surface area contributed by atoms with Crippen LogP contribution in [0.3, 0.4) is 0 Å². The van der Waals surface area contributed by atoms with Gasteiger partial charge in [0, 0.05) is 6.04 Å². The van der Waals surface area contributed by atoms with Crippen LogP contribution in [0.4, 0.5) is 0 Å². The maximum atomic E-state index is 11.7. The molecular formula is C10H19ClN2OS. The Morgan fingerprint density at radius 3 is 2.60 bits per heavy atom. The lowest BCUT2D eigenvalue weighted by molar-refractivity contribution is -0.123. The maximum Gasteiger partial charge on any atom is 0.237 e. The van der Waals surface area contributed by atoms with Gasteiger partial charge in [-0.3, -0.25) is 4.79 Å². The van der Waals surface area contributed by atoms with Crippen molar-refractivity contribution >= 4 is 30.1 Å². The number of nitrogens with one attached hydrogen (secondary N) is 2. The first-order chi connectivity index (χ1) is 6.86. The number of carbonyl (C=O) groups is 1. The van der Waals surface area contributed by atoms with Gasteiger partial charge in [-0.25, -0.2) is 0 Å². The molecule has 0 aromatic rings. The average Bonchev–Trinajstić information content (AvgIpc) is 2.72. The molecule has 0 aromatic carbocycles. The highest BCUT2D eigenvalue weighted by Crippen LogP contribution is 2.17. The molecular weight excluding hydrogens is 232 g/mol. The van der Waals surface area contributed by atoms with Crippen molar-refractivity contribution in [3.63, 3.8) is 0 Å². The van der Waals surface area contributed by atoms with Gasteiger partial charge >= 0.3 is 0 Å². The number of hydrogen-bond donors (Lipinski definition) is 2. The van der Waals surface area contributed by atoms with Crippen molar-refractivity contribution in [2.75, 3.05) is 18.1 Å². The van der Waals surface area contributed by atoms with E-state index >= 15 is 0 Å². The summed E-state index contributed by atoms with van der Waals surface area (Å²) in [6.45, 7) is 0.999. The smallest absolute Gasteiger partial charge is 0.237 e. The predicted octanol–water partition coefficient (Wildman–Crippen LogP) is 1.17. The third kappa shape index (κ3) is 3.85. The van der Waals surface area contributed by atoms with E-state index in [-0.39, 0.29) is 24.4 Å². The van der Waals surface area contributed by atoms with Crippen LogP contribution in [-0.4, -0.2) is 36.0 Å². The maximum absolute atomic E-state index is 11.7. The van der Waals surface area contributed by atoms with Crippen LogP contribution in [0.25, 0.3) is 0 Å². The summed E-state index contributed by atoms with van der Waals surface area (Å²) in [5, 5.41) is 6.37. The van der Waals surface area contributed by atoms with E-state index in [1.807, 2.05) is 11.8 Å². The van der Waals surface area contributed by atoms with Crippen molar-refractivity contribution in [3.05, 3.63) is 0 Å². The standard InChI is InChI=1S/C10H18N2OS.ClH/c13-10(9-2-1-5-11-9)12-8-3-6-14-7-4-8;/h8-9,11H,1-7H2,(H,12,13);1H/t9-;/m0./s1. The van der Waals surface area contributed by atoms with Gasteiger partial charge in [-0.1, -0.05) is 0 Å². The minimum absolute atomic E-state index is 0. The zero-order valence-corrected chi connectivity index (χ0v) is 10.5. The molecule has 15 heavy (non-hydrogen) atoms. The third-order valence-corrected chi connectivity index (χ3v) is 3.99. The Bertz CT molecular complexity index is 204. The molecule has 2 N–H and O–H groups in total. The third-order valence-electron chi connectivity index (χ3n) is 2.94. The van der Waals surface area contributed by atoms with Gasteiger partial charge in [-0.2, -0.15) is 11.8 Å². The lowest BCUT2D eigenvalue weighted by Crippen LogP contribution is -2.46. The molecule has 1 atom stereocenters. The molecule has 2 heterocycles. The first kappa shape index (κ1) is 13.1. The molecule has 2 rings (SSSR count). The number of hydrogen-bond acceptors (Lipinski definition) is 3. The molecule has 5 heteroatoms. The highest BCUT2D eigenvalue weighted by molar-refractivity contribution is 7.99. The van der Waals surface area contributed by atoms with Gasteiger partial charge in [0.05, 0.1) is 6.04 Å². The monoisotopic (exact) mass is 250 g/mol. The lowest BCUT2D eigenvalue weighted by atomic mass is 10.1. The predicted molar refractivity (Wildman–Crippen MR) is 66.8 cm³/mol. The molecule has 2 aliphatic heterocycles. The Labute approximate surface area is 102 Å². The SMILES string of the molecule is Cl.O=C(NC1CCSCC1)[C@@H]1CCCN1. The van der Waals surface area contributed by atoms with Crippen LogP contribution < -0.4 is 10.6 Å². The van der Waals surface area contributed by atoms with E-state index in [1.54, 1.807) is 0 Å². The molecule has 0 unspecified atom stereocenters. The number of thioether (sulfide) groups is 1. The topological polar surface area (TPSA) is 41.1 Å². The van der Waals surface area contributed by atoms with Crippen molar-refractivity contribution in [3.8, 4) is 0 Å². The zero-order chi connectivity index (χ0) is 9.80. The molecule has 3 nitrogen and oxygen atoms in total. The van der Waals surface area contributed by atoms with E-state index in [1.165, 1.54) is 11.5 Å². The summed E-state index contributed by atoms with van der Waals surface area (Å²) in [7, 11) is 0. The number of halogens is 1. The molecule has 0 spiro atoms. The summed E-state index contributed by atoms with van der Waals surface area (Å²) < 4.78 is 0. The van der Waals surface area contributed by atoms with E-state index in [9.17, 15) is 4.79 Å². The number of rotatable bonds is 2. The minimum atomic E-state index is 0. The fraction of sp³-hybridized carbons (Fsp3) is 0.900. The molecule has 0 aliphatic carbocycles. The summed E-state index contributed by atoms with van der Waals surface area (Å²) in [4.78, 5) is 11.7. The Morgan fingerprint density at radius 1 is 1.27 bits per heavy atom. The largest absolute Gasteiger partial charge is 0.352 e. The number of amides is 1. The second-order valence-corrected chi connectivity index (χ2v) is 5.27. The quantitative estimate of drug-likeness (QED) is 0.773. The average molecular weight is 251 g/mol. The van der Waals surface area contributed by atoms with Gasteiger partial charge in [-0.05, 0) is 43.7 Å². The second kappa shape index (κ2) is 6.61. The summed E-state index contributed by atoms with van der Waals surface area (Å²) in [5.74, 6) is 2.62. The Kier molecular flexibility index (Phi) is 5.79. The molecule has 1 amide bonds. The highest BCUT2D eigenvalue weighted by Gasteiger charge is 2.24. The summed E-state index contributed by atoms with van der Waals surface area (Å²) in [6, 6.07) is 0.524. The van der Waals surface area contributed by atoms with Crippen LogP contribution in [0.15, 0.2) is 0 Å². The minimum Gasteiger partial charge on any atom is -0.352 e. The first-order valence-corrected chi connectivity index (χ1v) is 6.63. The van der Waals surface area contributed by atoms with Gasteiger partial charge in [0.25, 0.3) is 0 Å². The van der Waals surface area contributed by atoms with Gasteiger partial charge in [0.2, 0.25) is 5.91 Å². The molecule has 2 aliphatic rings. The normalized spacial score (nSPS) is 27.1. The molecule has 0 aromatic heterocycles. The second-order valence-electron chi connectivity index (χ2n) is 4.04. The summed E-state index contributed by atoms with van der Waals surface area (Å²) in [5.41, 5.74) is 0. The van der Waals surface area contributed by atoms with E-state index in [0.29, 0.717) is 6.04 Å². The first-order valence-electron chi connectivity index (χ1n) is 5.48. The van der Waals surface area contributed by atoms with Crippen LogP contribution in [0.2, 0.25) is 0 Å². The van der Waals surface area contributed by atoms with Gasteiger partial charge in [-0.15, -0.1) is 12.4 Å². The summed E-state index contributed by atoms with van der Waals surface area (Å²) >= 11 is 1.99. The van der Waals surface area contributed by atoms with Crippen molar-refractivity contribution in [1.82, 2.24) is 10.6 Å². The Hall–Kier alpha value is 0.0700. The fourth-order valence-electron chi connectivity index (χ4n) is 2.05. The van der Waals surface area contributed by atoms with Crippen molar-refractivity contribution in [1.29, 1.82) is 0 Å². The Morgan fingerprint density at radius 2 is 2.00 bits per heavy atom. The van der Waals surface area contributed by atoms with Gasteiger partial charge < -0.3 is 10.6 Å². The van der Waals surface area contributed by atoms with E-state index in [4.69, 9.17) is 0 Å². The van der Waals surface area contributed by atoms with Crippen LogP contribution in [-0.2, 0) is 4.79 Å². The van der Waals surface area contributed by atoms with E-state index in [2.05, 4.69) is 10.6 Å². The van der Waals surface area contributed by atoms with Gasteiger partial charge in [0.1, 0.15) is 0 Å². The van der Waals surface area contributed by atoms with Crippen LogP contribution in [0, 0.1) is 0 Å². The molecule has 88 valence electrons. The van der Waals surface area contributed by atoms with E-state index in [0.717, 1.165) is 32.2 Å². The van der Waals surface area contributed by atoms with Gasteiger partial charge in [0.15, 0.2) is 0 Å². The van der Waals surface area contributed by atoms with Crippen LogP contribution in [0.5, 0.6) is 0 Å². The fourth-order valence-corrected chi connectivity index (χ4v) is 3.16. The van der Waals surface area contributed by atoms with Crippen LogP contribution in [0.1, 0.15) is 25.7 Å². The molecule has 0 radical (unpaired) electrons. The molecule has 0 saturated carbocycles. The highest BCUT2D eigenvalue weighted by atomic mass is 35.5. The molecule has 0 bridgehead atoms. The van der Waals surface area contributed by atoms with Crippen molar-refractivity contribution < 1.29 is 4.79 Å². The summed E-state index contributed by atoms with van der Waals surface area (Å²) in [6.07, 6.45) is 4.43. The van der Waals surface area contributed by atoms with Crippen LogP contribution >= 0.6 is 24.2 Å². The van der Waals surface area contributed by atoms with E-state index < -0.39 is 0 Å². The molecule has 2 saturated heterocycles. The zero-order valence-electron chi connectivity index (χ0n) is 8.83. The number of carbonyl (C=O) groups excluding carboxylic acids is 1. The Balaban J connectivity index is 0.00000112. The molecule has 2 fully saturated rings.